The van der Waals surface area contributed by atoms with Gasteiger partial charge in [0.1, 0.15) is 12.2 Å². The minimum absolute atomic E-state index is 0.0720. The molecule has 1 fully saturated rings. The summed E-state index contributed by atoms with van der Waals surface area (Å²) < 4.78 is 9.89. The maximum Gasteiger partial charge on any atom is 0.508 e. The zero-order chi connectivity index (χ0) is 13.8. The van der Waals surface area contributed by atoms with Crippen molar-refractivity contribution in [2.45, 2.75) is 45.3 Å². The van der Waals surface area contributed by atoms with Crippen LogP contribution >= 0.6 is 0 Å². The molecule has 2 atom stereocenters. The van der Waals surface area contributed by atoms with E-state index in [1.807, 2.05) is 6.07 Å². The first-order valence-electron chi connectivity index (χ1n) is 5.85. The van der Waals surface area contributed by atoms with E-state index >= 15 is 0 Å². The maximum atomic E-state index is 11.4. The fraction of sp³-hybridized carbons (Fsp3) is 0.750. The van der Waals surface area contributed by atoms with Crippen LogP contribution in [0.3, 0.4) is 0 Å². The van der Waals surface area contributed by atoms with Crippen LogP contribution in [0.15, 0.2) is 0 Å². The lowest BCUT2D eigenvalue weighted by Crippen LogP contribution is -2.32. The zero-order valence-electron chi connectivity index (χ0n) is 10.9. The summed E-state index contributed by atoms with van der Waals surface area (Å²) in [5, 5.41) is 11.2. The lowest BCUT2D eigenvalue weighted by molar-refractivity contribution is -0.122. The highest BCUT2D eigenvalue weighted by molar-refractivity contribution is 5.81. The summed E-state index contributed by atoms with van der Waals surface area (Å²) >= 11 is 0. The zero-order valence-corrected chi connectivity index (χ0v) is 10.9. The van der Waals surface area contributed by atoms with Gasteiger partial charge in [0.2, 0.25) is 5.91 Å². The average molecular weight is 254 g/mol. The third-order valence-corrected chi connectivity index (χ3v) is 2.42. The number of hydrogen-bond acceptors (Lipinski definition) is 5. The Morgan fingerprint density at radius 3 is 2.78 bits per heavy atom. The second-order valence-corrected chi connectivity index (χ2v) is 5.28. The molecule has 0 aliphatic carbocycles. The van der Waals surface area contributed by atoms with Crippen LogP contribution in [0, 0.1) is 17.2 Å². The monoisotopic (exact) mass is 254 g/mol. The molecule has 6 nitrogen and oxygen atoms in total. The molecule has 1 heterocycles. The van der Waals surface area contributed by atoms with Gasteiger partial charge in [-0.15, -0.1) is 0 Å². The predicted octanol–water partition coefficient (Wildman–Crippen LogP) is 1.36. The Morgan fingerprint density at radius 2 is 2.22 bits per heavy atom. The summed E-state index contributed by atoms with van der Waals surface area (Å²) in [4.78, 5) is 22.7. The molecule has 0 bridgehead atoms. The van der Waals surface area contributed by atoms with E-state index in [2.05, 4.69) is 5.32 Å². The van der Waals surface area contributed by atoms with Crippen LogP contribution in [0.25, 0.3) is 0 Å². The van der Waals surface area contributed by atoms with Gasteiger partial charge in [-0.25, -0.2) is 4.79 Å². The van der Waals surface area contributed by atoms with Crippen LogP contribution in [0.4, 0.5) is 4.79 Å². The van der Waals surface area contributed by atoms with Crippen molar-refractivity contribution in [2.24, 2.45) is 5.92 Å². The first-order chi connectivity index (χ1) is 8.31. The Hall–Kier alpha value is -1.77. The number of carbonyl (C=O) groups excluding carboxylic acids is 2. The molecular formula is C12H18N2O4. The highest BCUT2D eigenvalue weighted by Gasteiger charge is 2.32. The summed E-state index contributed by atoms with van der Waals surface area (Å²) in [6.45, 7) is 5.31. The van der Waals surface area contributed by atoms with Gasteiger partial charge in [-0.05, 0) is 27.2 Å². The number of hydrogen-bond donors (Lipinski definition) is 1. The van der Waals surface area contributed by atoms with Crippen LogP contribution in [0.5, 0.6) is 0 Å². The normalized spacial score (nSPS) is 23.1. The number of ether oxygens (including phenoxy) is 2. The molecule has 1 saturated heterocycles. The van der Waals surface area contributed by atoms with E-state index in [0.717, 1.165) is 0 Å². The molecule has 1 unspecified atom stereocenters. The quantitative estimate of drug-likeness (QED) is 0.768. The van der Waals surface area contributed by atoms with Crippen molar-refractivity contribution in [3.8, 4) is 6.07 Å². The number of carbonyl (C=O) groups is 2. The van der Waals surface area contributed by atoms with Crippen molar-refractivity contribution in [1.29, 1.82) is 5.26 Å². The van der Waals surface area contributed by atoms with Crippen LogP contribution < -0.4 is 5.32 Å². The first-order valence-corrected chi connectivity index (χ1v) is 5.85. The smallest absolute Gasteiger partial charge is 0.432 e. The highest BCUT2D eigenvalue weighted by Crippen LogP contribution is 2.19. The van der Waals surface area contributed by atoms with Gasteiger partial charge in [0.05, 0.1) is 18.0 Å². The number of nitrogens with zero attached hydrogens (tertiary/aromatic N) is 1. The Labute approximate surface area is 106 Å². The van der Waals surface area contributed by atoms with Crippen LogP contribution in [0.1, 0.15) is 33.6 Å². The van der Waals surface area contributed by atoms with E-state index in [0.29, 0.717) is 6.42 Å². The Kier molecular flexibility index (Phi) is 4.54. The van der Waals surface area contributed by atoms with E-state index < -0.39 is 11.8 Å². The maximum absolute atomic E-state index is 11.4. The summed E-state index contributed by atoms with van der Waals surface area (Å²) in [5.74, 6) is -0.462. The second-order valence-electron chi connectivity index (χ2n) is 5.28. The SMILES string of the molecule is CC(C)(C)OC(=O)OC[C@@H]1CC(CC#N)C(=O)N1. The van der Waals surface area contributed by atoms with Crippen molar-refractivity contribution >= 4 is 12.1 Å². The number of amides is 1. The van der Waals surface area contributed by atoms with Gasteiger partial charge in [0.15, 0.2) is 0 Å². The van der Waals surface area contributed by atoms with E-state index in [4.69, 9.17) is 14.7 Å². The van der Waals surface area contributed by atoms with Crippen molar-refractivity contribution in [3.63, 3.8) is 0 Å². The molecule has 0 saturated carbocycles. The molecule has 18 heavy (non-hydrogen) atoms. The lowest BCUT2D eigenvalue weighted by Gasteiger charge is -2.19. The van der Waals surface area contributed by atoms with Crippen LogP contribution in [0.2, 0.25) is 0 Å². The molecule has 1 aliphatic rings. The molecule has 0 radical (unpaired) electrons. The van der Waals surface area contributed by atoms with Gasteiger partial charge in [-0.1, -0.05) is 0 Å². The molecule has 1 aliphatic heterocycles. The predicted molar refractivity (Wildman–Crippen MR) is 62.5 cm³/mol. The molecule has 1 rings (SSSR count). The molecular weight excluding hydrogens is 236 g/mol. The van der Waals surface area contributed by atoms with Gasteiger partial charge in [0.25, 0.3) is 0 Å². The van der Waals surface area contributed by atoms with Gasteiger partial charge in [-0.3, -0.25) is 4.79 Å². The molecule has 1 amide bonds. The topological polar surface area (TPSA) is 88.4 Å². The van der Waals surface area contributed by atoms with E-state index in [9.17, 15) is 9.59 Å². The van der Waals surface area contributed by atoms with Crippen LogP contribution in [-0.2, 0) is 14.3 Å². The van der Waals surface area contributed by atoms with Crippen molar-refractivity contribution in [3.05, 3.63) is 0 Å². The number of nitrogens with one attached hydrogen (secondary N) is 1. The van der Waals surface area contributed by atoms with Gasteiger partial charge in [-0.2, -0.15) is 5.26 Å². The second kappa shape index (κ2) is 5.71. The Bertz CT molecular complexity index is 367. The number of nitriles is 1. The molecule has 6 heteroatoms. The van der Waals surface area contributed by atoms with E-state index in [1.165, 1.54) is 0 Å². The summed E-state index contributed by atoms with van der Waals surface area (Å²) in [7, 11) is 0. The molecule has 0 aromatic rings. The fourth-order valence-corrected chi connectivity index (χ4v) is 1.67. The third-order valence-electron chi connectivity index (χ3n) is 2.42. The van der Waals surface area contributed by atoms with Gasteiger partial charge in [0, 0.05) is 6.42 Å². The first kappa shape index (κ1) is 14.3. The molecule has 0 spiro atoms. The standard InChI is InChI=1S/C12H18N2O4/c1-12(2,3)18-11(16)17-7-9-6-8(4-5-13)10(15)14-9/h8-9H,4,6-7H2,1-3H3,(H,14,15)/t8?,9-/m0/s1. The minimum Gasteiger partial charge on any atom is -0.432 e. The van der Waals surface area contributed by atoms with Crippen molar-refractivity contribution in [1.82, 2.24) is 5.32 Å². The summed E-state index contributed by atoms with van der Waals surface area (Å²) in [5.41, 5.74) is -0.598. The Morgan fingerprint density at radius 1 is 1.56 bits per heavy atom. The number of rotatable bonds is 3. The molecule has 0 aromatic carbocycles. The van der Waals surface area contributed by atoms with Crippen molar-refractivity contribution in [2.75, 3.05) is 6.61 Å². The lowest BCUT2D eigenvalue weighted by atomic mass is 10.0. The van der Waals surface area contributed by atoms with Gasteiger partial charge >= 0.3 is 6.16 Å². The van der Waals surface area contributed by atoms with E-state index in [1.54, 1.807) is 20.8 Å². The minimum atomic E-state index is -0.750. The highest BCUT2D eigenvalue weighted by atomic mass is 16.7. The molecule has 1 N–H and O–H groups in total. The van der Waals surface area contributed by atoms with Crippen LogP contribution in [-0.4, -0.2) is 30.3 Å². The molecule has 0 aromatic heterocycles. The van der Waals surface area contributed by atoms with E-state index in [-0.39, 0.29) is 30.9 Å². The Balaban J connectivity index is 2.32. The average Bonchev–Trinajstić information content (AvgIpc) is 2.55. The molecule has 100 valence electrons. The fourth-order valence-electron chi connectivity index (χ4n) is 1.67. The van der Waals surface area contributed by atoms with Gasteiger partial charge < -0.3 is 14.8 Å². The summed E-state index contributed by atoms with van der Waals surface area (Å²) in [6, 6.07) is 1.73. The summed E-state index contributed by atoms with van der Waals surface area (Å²) in [6.07, 6.45) is -0.0512. The largest absolute Gasteiger partial charge is 0.508 e. The third kappa shape index (κ3) is 4.62. The van der Waals surface area contributed by atoms with Crippen molar-refractivity contribution < 1.29 is 19.1 Å².